The third kappa shape index (κ3) is 1.87. The van der Waals surface area contributed by atoms with E-state index in [-0.39, 0.29) is 0 Å². The van der Waals surface area contributed by atoms with Crippen LogP contribution in [0.15, 0.2) is 42.5 Å². The molecule has 1 heterocycles. The average Bonchev–Trinajstić information content (AvgIpc) is 2.76. The molecule has 0 spiro atoms. The third-order valence-electron chi connectivity index (χ3n) is 3.46. The van der Waals surface area contributed by atoms with E-state index in [4.69, 9.17) is 10.7 Å². The Balaban J connectivity index is 2.30. The molecule has 3 aromatic rings. The molecule has 2 N–H and O–H groups in total. The van der Waals surface area contributed by atoms with E-state index >= 15 is 0 Å². The number of rotatable bonds is 2. The summed E-state index contributed by atoms with van der Waals surface area (Å²) in [5, 5.41) is 0. The quantitative estimate of drug-likeness (QED) is 0.707. The van der Waals surface area contributed by atoms with Crippen LogP contribution in [0.25, 0.3) is 22.4 Å². The second kappa shape index (κ2) is 4.43. The highest BCUT2D eigenvalue weighted by molar-refractivity contribution is 5.81. The molecule has 0 atom stereocenters. The molecule has 3 nitrogen and oxygen atoms in total. The van der Waals surface area contributed by atoms with Gasteiger partial charge in [-0.1, -0.05) is 12.1 Å². The molecular formula is C16H17N3. The lowest BCUT2D eigenvalue weighted by molar-refractivity contribution is 0.796. The number of fused-ring (bicyclic) bond motifs is 1. The van der Waals surface area contributed by atoms with E-state index in [2.05, 4.69) is 42.7 Å². The zero-order valence-electron chi connectivity index (χ0n) is 11.2. The van der Waals surface area contributed by atoms with Gasteiger partial charge in [0, 0.05) is 17.8 Å². The van der Waals surface area contributed by atoms with Crippen molar-refractivity contribution in [1.29, 1.82) is 0 Å². The predicted octanol–water partition coefficient (Wildman–Crippen LogP) is 3.61. The fourth-order valence-corrected chi connectivity index (χ4v) is 2.54. The fraction of sp³-hybridized carbons (Fsp3) is 0.188. The van der Waals surface area contributed by atoms with Crippen LogP contribution >= 0.6 is 0 Å². The van der Waals surface area contributed by atoms with Gasteiger partial charge in [0.25, 0.3) is 0 Å². The van der Waals surface area contributed by atoms with Crippen LogP contribution in [-0.4, -0.2) is 9.55 Å². The van der Waals surface area contributed by atoms with Crippen molar-refractivity contribution in [3.63, 3.8) is 0 Å². The van der Waals surface area contributed by atoms with Crippen molar-refractivity contribution in [2.75, 3.05) is 5.73 Å². The standard InChI is InChI=1S/C16H17N3/c1-3-19-15-7-5-4-6-14(15)18-16(19)13-9-8-12(17)10-11(13)2/h4-10H,3,17H2,1-2H3. The summed E-state index contributed by atoms with van der Waals surface area (Å²) in [6.07, 6.45) is 0. The molecule has 0 amide bonds. The van der Waals surface area contributed by atoms with E-state index in [1.54, 1.807) is 0 Å². The molecular weight excluding hydrogens is 234 g/mol. The maximum atomic E-state index is 5.82. The van der Waals surface area contributed by atoms with Crippen molar-refractivity contribution in [1.82, 2.24) is 9.55 Å². The number of hydrogen-bond donors (Lipinski definition) is 1. The van der Waals surface area contributed by atoms with E-state index in [0.717, 1.165) is 34.7 Å². The molecule has 0 bridgehead atoms. The van der Waals surface area contributed by atoms with E-state index < -0.39 is 0 Å². The second-order valence-electron chi connectivity index (χ2n) is 4.74. The Morgan fingerprint density at radius 1 is 1.16 bits per heavy atom. The molecule has 0 aliphatic carbocycles. The molecule has 0 aliphatic rings. The number of nitrogens with two attached hydrogens (primary N) is 1. The molecule has 1 aromatic heterocycles. The molecule has 3 rings (SSSR count). The second-order valence-corrected chi connectivity index (χ2v) is 4.74. The molecule has 0 fully saturated rings. The Bertz CT molecular complexity index is 741. The highest BCUT2D eigenvalue weighted by atomic mass is 15.1. The van der Waals surface area contributed by atoms with Gasteiger partial charge in [-0.05, 0) is 49.7 Å². The minimum absolute atomic E-state index is 0.792. The van der Waals surface area contributed by atoms with Crippen LogP contribution in [0.4, 0.5) is 5.69 Å². The number of nitrogen functional groups attached to an aromatic ring is 1. The summed E-state index contributed by atoms with van der Waals surface area (Å²) in [5.41, 5.74) is 11.1. The Labute approximate surface area is 112 Å². The van der Waals surface area contributed by atoms with Crippen LogP contribution in [-0.2, 0) is 6.54 Å². The smallest absolute Gasteiger partial charge is 0.141 e. The number of para-hydroxylation sites is 2. The number of hydrogen-bond acceptors (Lipinski definition) is 2. The number of benzene rings is 2. The van der Waals surface area contributed by atoms with Gasteiger partial charge in [-0.3, -0.25) is 0 Å². The molecule has 2 aromatic carbocycles. The maximum Gasteiger partial charge on any atom is 0.141 e. The summed E-state index contributed by atoms with van der Waals surface area (Å²) in [6.45, 7) is 5.12. The summed E-state index contributed by atoms with van der Waals surface area (Å²) in [7, 11) is 0. The monoisotopic (exact) mass is 251 g/mol. The molecule has 19 heavy (non-hydrogen) atoms. The first-order chi connectivity index (χ1) is 9.20. The SMILES string of the molecule is CCn1c(-c2ccc(N)cc2C)nc2ccccc21. The van der Waals surface area contributed by atoms with Crippen molar-refractivity contribution in [2.24, 2.45) is 0 Å². The van der Waals surface area contributed by atoms with Crippen molar-refractivity contribution in [3.8, 4) is 11.4 Å². The Morgan fingerprint density at radius 3 is 2.68 bits per heavy atom. The fourth-order valence-electron chi connectivity index (χ4n) is 2.54. The summed E-state index contributed by atoms with van der Waals surface area (Å²) >= 11 is 0. The van der Waals surface area contributed by atoms with Gasteiger partial charge in [0.2, 0.25) is 0 Å². The Hall–Kier alpha value is -2.29. The zero-order chi connectivity index (χ0) is 13.4. The van der Waals surface area contributed by atoms with Crippen LogP contribution in [0.3, 0.4) is 0 Å². The first kappa shape index (κ1) is 11.8. The predicted molar refractivity (Wildman–Crippen MR) is 80.0 cm³/mol. The van der Waals surface area contributed by atoms with Gasteiger partial charge in [0.05, 0.1) is 11.0 Å². The van der Waals surface area contributed by atoms with Crippen molar-refractivity contribution >= 4 is 16.7 Å². The van der Waals surface area contributed by atoms with Crippen molar-refractivity contribution in [2.45, 2.75) is 20.4 Å². The van der Waals surface area contributed by atoms with E-state index in [1.165, 1.54) is 5.52 Å². The van der Waals surface area contributed by atoms with Gasteiger partial charge >= 0.3 is 0 Å². The highest BCUT2D eigenvalue weighted by Gasteiger charge is 2.12. The van der Waals surface area contributed by atoms with Crippen LogP contribution in [0.1, 0.15) is 12.5 Å². The van der Waals surface area contributed by atoms with Gasteiger partial charge in [-0.2, -0.15) is 0 Å². The van der Waals surface area contributed by atoms with Gasteiger partial charge < -0.3 is 10.3 Å². The summed E-state index contributed by atoms with van der Waals surface area (Å²) in [5.74, 6) is 1.02. The molecule has 3 heteroatoms. The topological polar surface area (TPSA) is 43.8 Å². The first-order valence-electron chi connectivity index (χ1n) is 6.52. The van der Waals surface area contributed by atoms with E-state index in [0.29, 0.717) is 0 Å². The van der Waals surface area contributed by atoms with Crippen LogP contribution < -0.4 is 5.73 Å². The first-order valence-corrected chi connectivity index (χ1v) is 6.52. The largest absolute Gasteiger partial charge is 0.399 e. The highest BCUT2D eigenvalue weighted by Crippen LogP contribution is 2.28. The van der Waals surface area contributed by atoms with Crippen molar-refractivity contribution < 1.29 is 0 Å². The number of imidazole rings is 1. The normalized spacial score (nSPS) is 11.1. The molecule has 0 unspecified atom stereocenters. The lowest BCUT2D eigenvalue weighted by Gasteiger charge is -2.09. The van der Waals surface area contributed by atoms with E-state index in [9.17, 15) is 0 Å². The van der Waals surface area contributed by atoms with E-state index in [1.807, 2.05) is 18.2 Å². The Morgan fingerprint density at radius 2 is 1.95 bits per heavy atom. The molecule has 0 saturated heterocycles. The van der Waals surface area contributed by atoms with Crippen LogP contribution in [0.5, 0.6) is 0 Å². The lowest BCUT2D eigenvalue weighted by atomic mass is 10.1. The van der Waals surface area contributed by atoms with Gasteiger partial charge in [0.1, 0.15) is 5.82 Å². The van der Waals surface area contributed by atoms with Crippen molar-refractivity contribution in [3.05, 3.63) is 48.0 Å². The average molecular weight is 251 g/mol. The molecule has 0 saturated carbocycles. The molecule has 0 aliphatic heterocycles. The summed E-state index contributed by atoms with van der Waals surface area (Å²) < 4.78 is 2.24. The van der Waals surface area contributed by atoms with Gasteiger partial charge in [0.15, 0.2) is 0 Å². The summed E-state index contributed by atoms with van der Waals surface area (Å²) in [4.78, 5) is 4.77. The minimum Gasteiger partial charge on any atom is -0.399 e. The van der Waals surface area contributed by atoms with Crippen LogP contribution in [0, 0.1) is 6.92 Å². The lowest BCUT2D eigenvalue weighted by Crippen LogP contribution is -1.99. The number of anilines is 1. The number of nitrogens with zero attached hydrogens (tertiary/aromatic N) is 2. The van der Waals surface area contributed by atoms with Gasteiger partial charge in [-0.15, -0.1) is 0 Å². The number of aromatic nitrogens is 2. The van der Waals surface area contributed by atoms with Crippen LogP contribution in [0.2, 0.25) is 0 Å². The summed E-state index contributed by atoms with van der Waals surface area (Å²) in [6, 6.07) is 14.2. The molecule has 96 valence electrons. The maximum absolute atomic E-state index is 5.82. The third-order valence-corrected chi connectivity index (χ3v) is 3.46. The zero-order valence-corrected chi connectivity index (χ0v) is 11.2. The molecule has 0 radical (unpaired) electrons. The van der Waals surface area contributed by atoms with Gasteiger partial charge in [-0.25, -0.2) is 4.98 Å². The number of aryl methyl sites for hydroxylation is 2. The minimum atomic E-state index is 0.792. The Kier molecular flexibility index (Phi) is 2.75.